The minimum Gasteiger partial charge on any atom is -0.397 e. The Hall–Kier alpha value is -1.92. The van der Waals surface area contributed by atoms with Crippen LogP contribution in [0.3, 0.4) is 0 Å². The van der Waals surface area contributed by atoms with Gasteiger partial charge in [-0.05, 0) is 47.3 Å². The van der Waals surface area contributed by atoms with Crippen molar-refractivity contribution in [1.29, 1.82) is 0 Å². The molecule has 2 amide bonds. The Balaban J connectivity index is 1.75. The van der Waals surface area contributed by atoms with Crippen LogP contribution in [-0.4, -0.2) is 46.8 Å². The highest BCUT2D eigenvalue weighted by molar-refractivity contribution is 9.10. The zero-order valence-electron chi connectivity index (χ0n) is 13.7. The Morgan fingerprint density at radius 2 is 1.64 bits per heavy atom. The number of hydrogen-bond donors (Lipinski definition) is 1. The smallest absolute Gasteiger partial charge is 0.261 e. The summed E-state index contributed by atoms with van der Waals surface area (Å²) in [6, 6.07) is 7.31. The molecular weight excluding hydrogens is 382 g/mol. The number of imide groups is 1. The topological polar surface area (TPSA) is 66.6 Å². The van der Waals surface area contributed by atoms with Crippen LogP contribution < -0.4 is 5.73 Å². The van der Waals surface area contributed by atoms with E-state index in [0.717, 1.165) is 44.3 Å². The van der Waals surface area contributed by atoms with Gasteiger partial charge < -0.3 is 10.6 Å². The lowest BCUT2D eigenvalue weighted by Gasteiger charge is -2.53. The summed E-state index contributed by atoms with van der Waals surface area (Å²) >= 11 is 3.47. The highest BCUT2D eigenvalue weighted by atomic mass is 79.9. The molecular formula is C19H18BrN3O2. The average Bonchev–Trinajstić information content (AvgIpc) is 2.64. The summed E-state index contributed by atoms with van der Waals surface area (Å²) in [5, 5.41) is 1.46. The molecule has 4 heterocycles. The van der Waals surface area contributed by atoms with Gasteiger partial charge in [-0.15, -0.1) is 0 Å². The second-order valence-corrected chi connectivity index (χ2v) is 8.16. The van der Waals surface area contributed by atoms with Gasteiger partial charge in [0.05, 0.1) is 11.2 Å². The lowest BCUT2D eigenvalue weighted by atomic mass is 9.76. The highest BCUT2D eigenvalue weighted by Gasteiger charge is 2.50. The van der Waals surface area contributed by atoms with Crippen LogP contribution >= 0.6 is 15.9 Å². The predicted molar refractivity (Wildman–Crippen MR) is 99.6 cm³/mol. The largest absolute Gasteiger partial charge is 0.397 e. The lowest BCUT2D eigenvalue weighted by Crippen LogP contribution is -2.64. The van der Waals surface area contributed by atoms with Crippen molar-refractivity contribution in [3.63, 3.8) is 0 Å². The molecule has 25 heavy (non-hydrogen) atoms. The summed E-state index contributed by atoms with van der Waals surface area (Å²) in [4.78, 5) is 30.7. The molecule has 2 bridgehead atoms. The summed E-state index contributed by atoms with van der Waals surface area (Å²) < 4.78 is 0.700. The second-order valence-electron chi connectivity index (χ2n) is 7.31. The molecule has 0 aliphatic carbocycles. The maximum atomic E-state index is 13.4. The minimum absolute atomic E-state index is 0.167. The van der Waals surface area contributed by atoms with Crippen molar-refractivity contribution in [1.82, 2.24) is 9.80 Å². The van der Waals surface area contributed by atoms with E-state index in [9.17, 15) is 9.59 Å². The molecule has 2 aromatic rings. The van der Waals surface area contributed by atoms with Crippen LogP contribution in [0.15, 0.2) is 28.7 Å². The van der Waals surface area contributed by atoms with E-state index in [-0.39, 0.29) is 17.4 Å². The molecule has 0 radical (unpaired) electrons. The zero-order valence-corrected chi connectivity index (χ0v) is 15.3. The number of carbonyl (C=O) groups excluding carboxylic acids is 2. The minimum atomic E-state index is -0.337. The van der Waals surface area contributed by atoms with Crippen molar-refractivity contribution in [3.8, 4) is 0 Å². The van der Waals surface area contributed by atoms with E-state index < -0.39 is 0 Å². The van der Waals surface area contributed by atoms with E-state index in [1.54, 1.807) is 11.0 Å². The molecule has 2 N–H and O–H groups in total. The molecule has 0 unspecified atom stereocenters. The molecule has 0 atom stereocenters. The predicted octanol–water partition coefficient (Wildman–Crippen LogP) is 3.02. The van der Waals surface area contributed by atoms with E-state index in [1.807, 2.05) is 18.2 Å². The maximum absolute atomic E-state index is 13.4. The molecule has 0 aromatic heterocycles. The Bertz CT molecular complexity index is 934. The van der Waals surface area contributed by atoms with E-state index in [2.05, 4.69) is 20.8 Å². The summed E-state index contributed by atoms with van der Waals surface area (Å²) in [6.45, 7) is 2.87. The highest BCUT2D eigenvalue weighted by Crippen LogP contribution is 2.44. The van der Waals surface area contributed by atoms with Gasteiger partial charge >= 0.3 is 0 Å². The van der Waals surface area contributed by atoms with Crippen molar-refractivity contribution in [3.05, 3.63) is 39.9 Å². The quantitative estimate of drug-likeness (QED) is 0.591. The fourth-order valence-corrected chi connectivity index (χ4v) is 5.17. The van der Waals surface area contributed by atoms with Crippen LogP contribution in [0.2, 0.25) is 0 Å². The summed E-state index contributed by atoms with van der Waals surface area (Å²) in [5.41, 5.74) is 7.57. The molecule has 6 rings (SSSR count). The summed E-state index contributed by atoms with van der Waals surface area (Å²) in [7, 11) is 0. The second kappa shape index (κ2) is 5.05. The maximum Gasteiger partial charge on any atom is 0.261 e. The van der Waals surface area contributed by atoms with Gasteiger partial charge in [0.2, 0.25) is 0 Å². The Morgan fingerprint density at radius 3 is 2.32 bits per heavy atom. The number of hydrogen-bond acceptors (Lipinski definition) is 4. The van der Waals surface area contributed by atoms with Crippen LogP contribution in [0.1, 0.15) is 40.0 Å². The number of rotatable bonds is 1. The van der Waals surface area contributed by atoms with Gasteiger partial charge in [-0.2, -0.15) is 0 Å². The molecule has 5 nitrogen and oxygen atoms in total. The molecule has 3 saturated heterocycles. The molecule has 128 valence electrons. The Labute approximate surface area is 153 Å². The zero-order chi connectivity index (χ0) is 17.3. The third-order valence-electron chi connectivity index (χ3n) is 6.17. The van der Waals surface area contributed by atoms with Gasteiger partial charge in [0.1, 0.15) is 0 Å². The number of benzene rings is 2. The Morgan fingerprint density at radius 1 is 1.00 bits per heavy atom. The van der Waals surface area contributed by atoms with Gasteiger partial charge in [0.15, 0.2) is 0 Å². The lowest BCUT2D eigenvalue weighted by molar-refractivity contribution is -0.0136. The van der Waals surface area contributed by atoms with Gasteiger partial charge in [0.25, 0.3) is 11.8 Å². The van der Waals surface area contributed by atoms with Gasteiger partial charge in [-0.1, -0.05) is 12.1 Å². The molecule has 0 saturated carbocycles. The number of nitrogens with zero attached hydrogens (tertiary/aromatic N) is 2. The number of nitrogen functional groups attached to an aromatic ring is 1. The van der Waals surface area contributed by atoms with Crippen molar-refractivity contribution in [2.24, 2.45) is 0 Å². The molecule has 0 spiro atoms. The summed E-state index contributed by atoms with van der Waals surface area (Å²) in [6.07, 6.45) is 2.60. The number of anilines is 1. The SMILES string of the molecule is Nc1c(Br)cc2c3c(cccc13)C(=O)N(C13CCN(CC1)CC3)C2=O. The van der Waals surface area contributed by atoms with Crippen LogP contribution in [0.5, 0.6) is 0 Å². The van der Waals surface area contributed by atoms with Gasteiger partial charge in [0, 0.05) is 46.0 Å². The average molecular weight is 400 g/mol. The first-order valence-corrected chi connectivity index (χ1v) is 9.43. The van der Waals surface area contributed by atoms with Gasteiger partial charge in [-0.3, -0.25) is 14.5 Å². The standard InChI is InChI=1S/C19H18BrN3O2/c20-14-10-13-15-11(16(14)21)2-1-3-12(15)17(24)23(18(13)25)19-4-7-22(8-5-19)9-6-19/h1-3,10H,4-9,21H2. The third kappa shape index (κ3) is 1.92. The number of piperidine rings is 3. The first-order valence-electron chi connectivity index (χ1n) is 8.64. The number of nitrogens with two attached hydrogens (primary N) is 1. The van der Waals surface area contributed by atoms with E-state index >= 15 is 0 Å². The number of carbonyl (C=O) groups is 2. The Kier molecular flexibility index (Phi) is 3.10. The van der Waals surface area contributed by atoms with E-state index in [0.29, 0.717) is 26.7 Å². The van der Waals surface area contributed by atoms with Crippen LogP contribution in [0, 0.1) is 0 Å². The molecule has 3 fully saturated rings. The van der Waals surface area contributed by atoms with Crippen molar-refractivity contribution in [2.45, 2.75) is 24.8 Å². The number of halogens is 1. The number of amides is 2. The van der Waals surface area contributed by atoms with Crippen LogP contribution in [0.4, 0.5) is 5.69 Å². The van der Waals surface area contributed by atoms with Gasteiger partial charge in [-0.25, -0.2) is 0 Å². The van der Waals surface area contributed by atoms with Crippen LogP contribution in [0.25, 0.3) is 10.8 Å². The van der Waals surface area contributed by atoms with Crippen LogP contribution in [-0.2, 0) is 0 Å². The third-order valence-corrected chi connectivity index (χ3v) is 6.83. The number of fused-ring (bicyclic) bond motifs is 3. The van der Waals surface area contributed by atoms with Crippen molar-refractivity contribution in [2.75, 3.05) is 25.4 Å². The fourth-order valence-electron chi connectivity index (χ4n) is 4.73. The monoisotopic (exact) mass is 399 g/mol. The van der Waals surface area contributed by atoms with Crippen molar-refractivity contribution < 1.29 is 9.59 Å². The first kappa shape index (κ1) is 15.3. The normalized spacial score (nSPS) is 28.0. The van der Waals surface area contributed by atoms with E-state index in [1.165, 1.54) is 0 Å². The molecule has 6 heteroatoms. The molecule has 2 aromatic carbocycles. The molecule has 4 aliphatic heterocycles. The summed E-state index contributed by atoms with van der Waals surface area (Å²) in [5.74, 6) is -0.343. The first-order chi connectivity index (χ1) is 12.0. The fraction of sp³-hybridized carbons (Fsp3) is 0.368. The van der Waals surface area contributed by atoms with Crippen molar-refractivity contribution >= 4 is 44.2 Å². The van der Waals surface area contributed by atoms with E-state index in [4.69, 9.17) is 5.73 Å². The molecule has 4 aliphatic rings.